The first-order chi connectivity index (χ1) is 9.61. The predicted molar refractivity (Wildman–Crippen MR) is 78.1 cm³/mol. The van der Waals surface area contributed by atoms with Gasteiger partial charge in [-0.1, -0.05) is 18.6 Å². The molecule has 0 aliphatic heterocycles. The summed E-state index contributed by atoms with van der Waals surface area (Å²) in [5.74, 6) is -0.0321. The number of anilines is 1. The van der Waals surface area contributed by atoms with Crippen molar-refractivity contribution in [3.8, 4) is 0 Å². The van der Waals surface area contributed by atoms with Crippen LogP contribution in [0.4, 0.5) is 5.69 Å². The van der Waals surface area contributed by atoms with Gasteiger partial charge in [-0.2, -0.15) is 0 Å². The number of carbonyl (C=O) groups is 2. The smallest absolute Gasteiger partial charge is 0.224 e. The molecule has 0 heterocycles. The van der Waals surface area contributed by atoms with Crippen LogP contribution < -0.4 is 10.6 Å². The van der Waals surface area contributed by atoms with Gasteiger partial charge in [-0.3, -0.25) is 9.59 Å². The number of aliphatic hydroxyl groups excluding tert-OH is 1. The Morgan fingerprint density at radius 1 is 1.10 bits per heavy atom. The van der Waals surface area contributed by atoms with E-state index in [2.05, 4.69) is 10.6 Å². The van der Waals surface area contributed by atoms with Crippen molar-refractivity contribution < 1.29 is 14.7 Å². The number of carbonyl (C=O) groups excluding carboxylic acids is 2. The Balaban J connectivity index is 2.15. The highest BCUT2D eigenvalue weighted by atomic mass is 16.3. The van der Waals surface area contributed by atoms with Crippen molar-refractivity contribution in [1.29, 1.82) is 0 Å². The second kappa shape index (κ2) is 9.09. The zero-order valence-electron chi connectivity index (χ0n) is 11.8. The van der Waals surface area contributed by atoms with Gasteiger partial charge in [0.05, 0.1) is 6.61 Å². The van der Waals surface area contributed by atoms with Crippen LogP contribution in [-0.4, -0.2) is 23.5 Å². The van der Waals surface area contributed by atoms with E-state index in [1.807, 2.05) is 0 Å². The standard InChI is InChI=1S/C15H22N2O3/c1-12(19)16-10-4-2-3-5-15(20)17-14-8-6-13(11-18)7-9-14/h6-9,18H,2-5,10-11H2,1H3,(H,16,19)(H,17,20). The summed E-state index contributed by atoms with van der Waals surface area (Å²) in [4.78, 5) is 22.3. The number of aliphatic hydroxyl groups is 1. The summed E-state index contributed by atoms with van der Waals surface area (Å²) in [5.41, 5.74) is 1.56. The molecule has 0 bridgehead atoms. The molecule has 0 radical (unpaired) electrons. The minimum Gasteiger partial charge on any atom is -0.392 e. The van der Waals surface area contributed by atoms with Crippen molar-refractivity contribution in [3.05, 3.63) is 29.8 Å². The molecule has 20 heavy (non-hydrogen) atoms. The molecule has 1 aromatic rings. The van der Waals surface area contributed by atoms with Crippen molar-refractivity contribution in [3.63, 3.8) is 0 Å². The lowest BCUT2D eigenvalue weighted by molar-refractivity contribution is -0.119. The fourth-order valence-electron chi connectivity index (χ4n) is 1.77. The third-order valence-electron chi connectivity index (χ3n) is 2.87. The molecule has 0 aromatic heterocycles. The molecule has 110 valence electrons. The van der Waals surface area contributed by atoms with E-state index in [0.29, 0.717) is 13.0 Å². The lowest BCUT2D eigenvalue weighted by atomic mass is 10.1. The van der Waals surface area contributed by atoms with Crippen LogP contribution in [0.2, 0.25) is 0 Å². The highest BCUT2D eigenvalue weighted by Gasteiger charge is 2.02. The monoisotopic (exact) mass is 278 g/mol. The molecule has 2 amide bonds. The molecule has 0 saturated carbocycles. The van der Waals surface area contributed by atoms with Crippen LogP contribution in [0, 0.1) is 0 Å². The molecule has 0 unspecified atom stereocenters. The molecular weight excluding hydrogens is 256 g/mol. The fourth-order valence-corrected chi connectivity index (χ4v) is 1.77. The van der Waals surface area contributed by atoms with Gasteiger partial charge in [0, 0.05) is 25.6 Å². The maximum absolute atomic E-state index is 11.7. The Bertz CT molecular complexity index is 429. The Morgan fingerprint density at radius 3 is 2.40 bits per heavy atom. The van der Waals surface area contributed by atoms with Gasteiger partial charge in [0.2, 0.25) is 11.8 Å². The molecule has 0 spiro atoms. The quantitative estimate of drug-likeness (QED) is 0.635. The second-order valence-electron chi connectivity index (χ2n) is 4.70. The van der Waals surface area contributed by atoms with E-state index < -0.39 is 0 Å². The summed E-state index contributed by atoms with van der Waals surface area (Å²) in [6.45, 7) is 2.16. The lowest BCUT2D eigenvalue weighted by Crippen LogP contribution is -2.20. The summed E-state index contributed by atoms with van der Waals surface area (Å²) in [7, 11) is 0. The first-order valence-corrected chi connectivity index (χ1v) is 6.86. The third-order valence-corrected chi connectivity index (χ3v) is 2.87. The summed E-state index contributed by atoms with van der Waals surface area (Å²) < 4.78 is 0. The van der Waals surface area contributed by atoms with Gasteiger partial charge < -0.3 is 15.7 Å². The SMILES string of the molecule is CC(=O)NCCCCCC(=O)Nc1ccc(CO)cc1. The largest absolute Gasteiger partial charge is 0.392 e. The van der Waals surface area contributed by atoms with E-state index in [0.717, 1.165) is 30.5 Å². The number of amides is 2. The van der Waals surface area contributed by atoms with Gasteiger partial charge in [0.25, 0.3) is 0 Å². The number of unbranched alkanes of at least 4 members (excludes halogenated alkanes) is 2. The fraction of sp³-hybridized carbons (Fsp3) is 0.467. The van der Waals surface area contributed by atoms with Crippen LogP contribution >= 0.6 is 0 Å². The molecular formula is C15H22N2O3. The highest BCUT2D eigenvalue weighted by molar-refractivity contribution is 5.90. The van der Waals surface area contributed by atoms with E-state index in [1.165, 1.54) is 6.92 Å². The Morgan fingerprint density at radius 2 is 1.80 bits per heavy atom. The van der Waals surface area contributed by atoms with E-state index in [-0.39, 0.29) is 18.4 Å². The van der Waals surface area contributed by atoms with Gasteiger partial charge in [-0.25, -0.2) is 0 Å². The first-order valence-electron chi connectivity index (χ1n) is 6.86. The van der Waals surface area contributed by atoms with Gasteiger partial charge in [-0.05, 0) is 30.5 Å². The zero-order valence-corrected chi connectivity index (χ0v) is 11.8. The van der Waals surface area contributed by atoms with Crippen molar-refractivity contribution >= 4 is 17.5 Å². The third kappa shape index (κ3) is 6.89. The summed E-state index contributed by atoms with van der Waals surface area (Å²) in [6, 6.07) is 7.12. The second-order valence-corrected chi connectivity index (χ2v) is 4.70. The Labute approximate surface area is 119 Å². The van der Waals surface area contributed by atoms with Crippen molar-refractivity contribution in [1.82, 2.24) is 5.32 Å². The van der Waals surface area contributed by atoms with Crippen molar-refractivity contribution in [2.75, 3.05) is 11.9 Å². The molecule has 1 rings (SSSR count). The first kappa shape index (κ1) is 16.2. The molecule has 0 aliphatic rings. The van der Waals surface area contributed by atoms with E-state index in [9.17, 15) is 9.59 Å². The highest BCUT2D eigenvalue weighted by Crippen LogP contribution is 2.10. The van der Waals surface area contributed by atoms with Crippen molar-refractivity contribution in [2.24, 2.45) is 0 Å². The van der Waals surface area contributed by atoms with Gasteiger partial charge >= 0.3 is 0 Å². The topological polar surface area (TPSA) is 78.4 Å². The van der Waals surface area contributed by atoms with Crippen molar-refractivity contribution in [2.45, 2.75) is 39.2 Å². The molecule has 3 N–H and O–H groups in total. The average molecular weight is 278 g/mol. The predicted octanol–water partition coefficient (Wildman–Crippen LogP) is 1.81. The average Bonchev–Trinajstić information content (AvgIpc) is 2.43. The van der Waals surface area contributed by atoms with E-state index >= 15 is 0 Å². The van der Waals surface area contributed by atoms with Crippen LogP contribution in [0.1, 0.15) is 38.2 Å². The number of rotatable bonds is 8. The molecule has 0 aliphatic carbocycles. The molecule has 1 aromatic carbocycles. The minimum atomic E-state index is -0.0194. The molecule has 0 saturated heterocycles. The van der Waals surface area contributed by atoms with Crippen LogP contribution in [-0.2, 0) is 16.2 Å². The zero-order chi connectivity index (χ0) is 14.8. The van der Waals surface area contributed by atoms with Crippen LogP contribution in [0.25, 0.3) is 0 Å². The molecule has 5 nitrogen and oxygen atoms in total. The summed E-state index contributed by atoms with van der Waals surface area (Å²) in [5, 5.41) is 14.5. The number of hydrogen-bond acceptors (Lipinski definition) is 3. The van der Waals surface area contributed by atoms with Crippen LogP contribution in [0.5, 0.6) is 0 Å². The maximum atomic E-state index is 11.7. The number of nitrogens with one attached hydrogen (secondary N) is 2. The van der Waals surface area contributed by atoms with E-state index in [1.54, 1.807) is 24.3 Å². The van der Waals surface area contributed by atoms with Gasteiger partial charge in [0.1, 0.15) is 0 Å². The van der Waals surface area contributed by atoms with Gasteiger partial charge in [0.15, 0.2) is 0 Å². The van der Waals surface area contributed by atoms with Crippen LogP contribution in [0.15, 0.2) is 24.3 Å². The Kier molecular flexibility index (Phi) is 7.35. The lowest BCUT2D eigenvalue weighted by Gasteiger charge is -2.06. The van der Waals surface area contributed by atoms with Crippen LogP contribution in [0.3, 0.4) is 0 Å². The van der Waals surface area contributed by atoms with Gasteiger partial charge in [-0.15, -0.1) is 0 Å². The molecule has 0 atom stereocenters. The number of hydrogen-bond donors (Lipinski definition) is 3. The minimum absolute atomic E-state index is 0.00250. The Hall–Kier alpha value is -1.88. The summed E-state index contributed by atoms with van der Waals surface area (Å²) >= 11 is 0. The molecule has 0 fully saturated rings. The molecule has 5 heteroatoms. The normalized spacial score (nSPS) is 10.1. The number of benzene rings is 1. The van der Waals surface area contributed by atoms with E-state index in [4.69, 9.17) is 5.11 Å². The summed E-state index contributed by atoms with van der Waals surface area (Å²) in [6.07, 6.45) is 3.08. The maximum Gasteiger partial charge on any atom is 0.224 e.